The Labute approximate surface area is 283 Å². The molecule has 0 aliphatic carbocycles. The van der Waals surface area contributed by atoms with Gasteiger partial charge in [0.05, 0.1) is 6.04 Å². The van der Waals surface area contributed by atoms with E-state index >= 15 is 0 Å². The van der Waals surface area contributed by atoms with Gasteiger partial charge in [0.15, 0.2) is 0 Å². The molecule has 8 nitrogen and oxygen atoms in total. The van der Waals surface area contributed by atoms with Crippen LogP contribution in [0.1, 0.15) is 44.2 Å². The van der Waals surface area contributed by atoms with E-state index in [1.54, 1.807) is 0 Å². The smallest absolute Gasteiger partial charge is 0.245 e. The second-order valence-electron chi connectivity index (χ2n) is 14.2. The minimum absolute atomic E-state index is 0.104. The van der Waals surface area contributed by atoms with E-state index in [0.717, 1.165) is 59.0 Å². The number of hydrogen-bond acceptors (Lipinski definition) is 5. The Hall–Kier alpha value is -4.53. The minimum Gasteiger partial charge on any atom is -0.342 e. The van der Waals surface area contributed by atoms with Crippen molar-refractivity contribution in [3.05, 3.63) is 108 Å². The topological polar surface area (TPSA) is 117 Å². The molecule has 8 heteroatoms. The van der Waals surface area contributed by atoms with Crippen LogP contribution >= 0.6 is 0 Å². The van der Waals surface area contributed by atoms with Crippen LogP contribution in [0.5, 0.6) is 0 Å². The van der Waals surface area contributed by atoms with Gasteiger partial charge in [0, 0.05) is 24.9 Å². The number of piperazine rings is 1. The first kappa shape index (κ1) is 33.4. The van der Waals surface area contributed by atoms with Gasteiger partial charge in [0.25, 0.3) is 0 Å². The van der Waals surface area contributed by atoms with Crippen LogP contribution in [0, 0.1) is 5.92 Å². The van der Waals surface area contributed by atoms with Crippen LogP contribution in [0.15, 0.2) is 97.1 Å². The normalized spacial score (nSPS) is 19.4. The molecular weight excluding hydrogens is 598 g/mol. The molecule has 2 saturated heterocycles. The molecule has 3 atom stereocenters. The van der Waals surface area contributed by atoms with Crippen molar-refractivity contribution in [1.29, 1.82) is 0 Å². The summed E-state index contributed by atoms with van der Waals surface area (Å²) in [5.74, 6) is -0.346. The molecule has 0 radical (unpaired) electrons. The number of carbonyl (C=O) groups excluding carboxylic acids is 3. The monoisotopic (exact) mass is 645 g/mol. The Morgan fingerprint density at radius 3 is 2.17 bits per heavy atom. The van der Waals surface area contributed by atoms with Gasteiger partial charge in [-0.3, -0.25) is 14.4 Å². The van der Waals surface area contributed by atoms with Crippen molar-refractivity contribution >= 4 is 28.5 Å². The van der Waals surface area contributed by atoms with Gasteiger partial charge in [0.2, 0.25) is 17.7 Å². The van der Waals surface area contributed by atoms with Gasteiger partial charge in [-0.15, -0.1) is 0 Å². The zero-order chi connectivity index (χ0) is 33.7. The number of rotatable bonds is 11. The lowest BCUT2D eigenvalue weighted by Crippen LogP contribution is -2.69. The Morgan fingerprint density at radius 1 is 0.812 bits per heavy atom. The maximum Gasteiger partial charge on any atom is 0.245 e. The Morgan fingerprint density at radius 2 is 1.46 bits per heavy atom. The molecule has 4 aromatic carbocycles. The molecule has 0 bridgehead atoms. The summed E-state index contributed by atoms with van der Waals surface area (Å²) >= 11 is 0. The highest BCUT2D eigenvalue weighted by atomic mass is 16.2. The number of fused-ring (bicyclic) bond motifs is 1. The van der Waals surface area contributed by atoms with Crippen LogP contribution in [-0.4, -0.2) is 65.9 Å². The maximum atomic E-state index is 14.1. The van der Waals surface area contributed by atoms with Crippen molar-refractivity contribution in [2.45, 2.75) is 69.6 Å². The minimum atomic E-state index is -0.911. The fourth-order valence-corrected chi connectivity index (χ4v) is 7.03. The first-order valence-electron chi connectivity index (χ1n) is 17.1. The Bertz CT molecular complexity index is 1730. The quantitative estimate of drug-likeness (QED) is 0.190. The highest BCUT2D eigenvalue weighted by Crippen LogP contribution is 2.26. The van der Waals surface area contributed by atoms with Crippen molar-refractivity contribution in [2.24, 2.45) is 11.7 Å². The summed E-state index contributed by atoms with van der Waals surface area (Å²) in [4.78, 5) is 43.7. The number of benzene rings is 4. The van der Waals surface area contributed by atoms with E-state index in [2.05, 4.69) is 64.5 Å². The molecule has 0 saturated carbocycles. The lowest BCUT2D eigenvalue weighted by atomic mass is 9.89. The van der Waals surface area contributed by atoms with Crippen LogP contribution in [0.3, 0.4) is 0 Å². The van der Waals surface area contributed by atoms with E-state index < -0.39 is 23.7 Å². The second kappa shape index (κ2) is 14.7. The molecule has 3 amide bonds. The van der Waals surface area contributed by atoms with Crippen molar-refractivity contribution < 1.29 is 14.4 Å². The van der Waals surface area contributed by atoms with Crippen molar-refractivity contribution in [3.63, 3.8) is 0 Å². The number of carbonyl (C=O) groups is 3. The average Bonchev–Trinajstić information content (AvgIpc) is 3.08. The average molecular weight is 646 g/mol. The SMILES string of the molecule is CC(C)(N)CC(=O)N(CC1CCNCC1)C(Cc1ccc(-c2ccccc2)cc1)C1NC(=O)C(Cc2ccc3ccccc3c2)NC1=O. The molecule has 2 aliphatic heterocycles. The van der Waals surface area contributed by atoms with Crippen LogP contribution < -0.4 is 21.7 Å². The number of amides is 3. The van der Waals surface area contributed by atoms with Gasteiger partial charge in [-0.25, -0.2) is 0 Å². The van der Waals surface area contributed by atoms with E-state index in [9.17, 15) is 14.4 Å². The molecule has 250 valence electrons. The van der Waals surface area contributed by atoms with Crippen LogP contribution in [0.25, 0.3) is 21.9 Å². The molecule has 4 aromatic rings. The van der Waals surface area contributed by atoms with Gasteiger partial charge in [-0.05, 0) is 85.1 Å². The summed E-state index contributed by atoms with van der Waals surface area (Å²) in [7, 11) is 0. The fourth-order valence-electron chi connectivity index (χ4n) is 7.03. The Kier molecular flexibility index (Phi) is 10.2. The predicted octanol–water partition coefficient (Wildman–Crippen LogP) is 4.60. The third kappa shape index (κ3) is 8.30. The molecule has 5 N–H and O–H groups in total. The molecule has 2 aliphatic rings. The standard InChI is InChI=1S/C40H47N5O3/c1-40(2,41)25-36(46)45(26-28-18-20-42-21-19-28)35(24-27-12-15-32(16-13-27)30-8-4-3-5-9-30)37-39(48)43-34(38(47)44-37)23-29-14-17-31-10-6-7-11-33(31)22-29/h3-17,22,28,34-35,37,42H,18-21,23-26,41H2,1-2H3,(H,43,48)(H,44,47). The predicted molar refractivity (Wildman–Crippen MR) is 191 cm³/mol. The van der Waals surface area contributed by atoms with Crippen LogP contribution in [0.4, 0.5) is 0 Å². The van der Waals surface area contributed by atoms with Gasteiger partial charge in [-0.2, -0.15) is 0 Å². The number of nitrogens with one attached hydrogen (secondary N) is 3. The molecule has 2 fully saturated rings. The maximum absolute atomic E-state index is 14.1. The first-order valence-corrected chi connectivity index (χ1v) is 17.1. The highest BCUT2D eigenvalue weighted by Gasteiger charge is 2.43. The first-order chi connectivity index (χ1) is 23.1. The van der Waals surface area contributed by atoms with E-state index in [0.29, 0.717) is 19.4 Å². The molecule has 0 aromatic heterocycles. The molecular formula is C40H47N5O3. The van der Waals surface area contributed by atoms with E-state index in [4.69, 9.17) is 5.73 Å². The lowest BCUT2D eigenvalue weighted by Gasteiger charge is -2.42. The van der Waals surface area contributed by atoms with Gasteiger partial charge < -0.3 is 26.6 Å². The highest BCUT2D eigenvalue weighted by molar-refractivity contribution is 5.98. The molecule has 3 unspecified atom stereocenters. The third-order valence-electron chi connectivity index (χ3n) is 9.60. The largest absolute Gasteiger partial charge is 0.342 e. The van der Waals surface area contributed by atoms with E-state index in [1.165, 1.54) is 0 Å². The number of nitrogens with two attached hydrogens (primary N) is 1. The summed E-state index contributed by atoms with van der Waals surface area (Å²) in [6, 6.07) is 30.4. The van der Waals surface area contributed by atoms with Crippen molar-refractivity contribution in [1.82, 2.24) is 20.9 Å². The second-order valence-corrected chi connectivity index (χ2v) is 14.2. The zero-order valence-electron chi connectivity index (χ0n) is 28.0. The van der Waals surface area contributed by atoms with Crippen molar-refractivity contribution in [3.8, 4) is 11.1 Å². The summed E-state index contributed by atoms with van der Waals surface area (Å²) < 4.78 is 0. The van der Waals surface area contributed by atoms with E-state index in [-0.39, 0.29) is 30.1 Å². The summed E-state index contributed by atoms with van der Waals surface area (Å²) in [6.07, 6.45) is 2.79. The summed E-state index contributed by atoms with van der Waals surface area (Å²) in [5.41, 5.74) is 9.80. The number of nitrogens with zero attached hydrogens (tertiary/aromatic N) is 1. The summed E-state index contributed by atoms with van der Waals surface area (Å²) in [6.45, 7) is 5.97. The van der Waals surface area contributed by atoms with E-state index in [1.807, 2.05) is 67.3 Å². The number of hydrogen-bond donors (Lipinski definition) is 4. The van der Waals surface area contributed by atoms with Gasteiger partial charge in [-0.1, -0.05) is 97.1 Å². The van der Waals surface area contributed by atoms with Gasteiger partial charge >= 0.3 is 0 Å². The van der Waals surface area contributed by atoms with Crippen molar-refractivity contribution in [2.75, 3.05) is 19.6 Å². The summed E-state index contributed by atoms with van der Waals surface area (Å²) in [5, 5.41) is 11.7. The molecule has 0 spiro atoms. The van der Waals surface area contributed by atoms with Crippen LogP contribution in [-0.2, 0) is 27.2 Å². The lowest BCUT2D eigenvalue weighted by molar-refractivity contribution is -0.143. The van der Waals surface area contributed by atoms with Crippen LogP contribution in [0.2, 0.25) is 0 Å². The number of piperidine rings is 1. The molecule has 2 heterocycles. The third-order valence-corrected chi connectivity index (χ3v) is 9.60. The van der Waals surface area contributed by atoms with Gasteiger partial charge in [0.1, 0.15) is 12.1 Å². The zero-order valence-corrected chi connectivity index (χ0v) is 28.0. The fraction of sp³-hybridized carbons (Fsp3) is 0.375. The molecule has 48 heavy (non-hydrogen) atoms. The molecule has 6 rings (SSSR count). The Balaban J connectivity index is 1.28.